The number of nitrogen functional groups attached to an aromatic ring is 1. The third-order valence-electron chi connectivity index (χ3n) is 1.92. The Bertz CT molecular complexity index is 496. The first-order valence-corrected chi connectivity index (χ1v) is 4.03. The fourth-order valence-electron chi connectivity index (χ4n) is 1.20. The van der Waals surface area contributed by atoms with Crippen molar-refractivity contribution in [3.63, 3.8) is 0 Å². The second-order valence-corrected chi connectivity index (χ2v) is 2.93. The molecule has 0 spiro atoms. The van der Waals surface area contributed by atoms with Gasteiger partial charge in [-0.15, -0.1) is 0 Å². The van der Waals surface area contributed by atoms with Crippen molar-refractivity contribution in [2.24, 2.45) is 0 Å². The predicted molar refractivity (Wildman–Crippen MR) is 52.3 cm³/mol. The van der Waals surface area contributed by atoms with E-state index in [9.17, 15) is 4.79 Å². The van der Waals surface area contributed by atoms with Crippen LogP contribution in [0.25, 0.3) is 11.3 Å². The zero-order chi connectivity index (χ0) is 10.1. The average molecular weight is 191 g/mol. The van der Waals surface area contributed by atoms with Gasteiger partial charge in [0.05, 0.1) is 11.9 Å². The van der Waals surface area contributed by atoms with Gasteiger partial charge in [0, 0.05) is 0 Å². The lowest BCUT2D eigenvalue weighted by Crippen LogP contribution is -2.22. The maximum absolute atomic E-state index is 11.0. The monoisotopic (exact) mass is 191 g/mol. The molecule has 0 amide bonds. The lowest BCUT2D eigenvalue weighted by molar-refractivity contribution is 0.475. The molecule has 0 unspecified atom stereocenters. The van der Waals surface area contributed by atoms with Gasteiger partial charge in [0.15, 0.2) is 0 Å². The minimum absolute atomic E-state index is 0.184. The highest BCUT2D eigenvalue weighted by atomic mass is 16.3. The topological polar surface area (TPSA) is 84.0 Å². The number of aromatic amines is 1. The first-order valence-electron chi connectivity index (χ1n) is 4.03. The first-order chi connectivity index (χ1) is 6.66. The molecule has 0 radical (unpaired) electrons. The quantitative estimate of drug-likeness (QED) is 0.565. The number of imidazole rings is 1. The van der Waals surface area contributed by atoms with Gasteiger partial charge in [-0.3, -0.25) is 0 Å². The summed E-state index contributed by atoms with van der Waals surface area (Å²) >= 11 is 0. The van der Waals surface area contributed by atoms with Crippen molar-refractivity contribution in [1.29, 1.82) is 0 Å². The van der Waals surface area contributed by atoms with Crippen molar-refractivity contribution in [1.82, 2.24) is 9.66 Å². The maximum atomic E-state index is 11.0. The molecule has 0 aliphatic carbocycles. The summed E-state index contributed by atoms with van der Waals surface area (Å²) < 4.78 is 0.974. The van der Waals surface area contributed by atoms with Crippen molar-refractivity contribution in [2.45, 2.75) is 0 Å². The lowest BCUT2D eigenvalue weighted by Gasteiger charge is -1.96. The van der Waals surface area contributed by atoms with E-state index in [0.717, 1.165) is 10.2 Å². The molecule has 14 heavy (non-hydrogen) atoms. The molecule has 0 bridgehead atoms. The molecule has 5 nitrogen and oxygen atoms in total. The molecule has 1 aromatic heterocycles. The van der Waals surface area contributed by atoms with Gasteiger partial charge in [-0.25, -0.2) is 9.47 Å². The summed E-state index contributed by atoms with van der Waals surface area (Å²) in [6.45, 7) is 0. The second-order valence-electron chi connectivity index (χ2n) is 2.93. The van der Waals surface area contributed by atoms with E-state index in [2.05, 4.69) is 4.98 Å². The number of nitrogens with one attached hydrogen (secondary N) is 1. The standard InChI is InChI=1S/C9H9N3O2/c10-12-5-8(11-9(12)14)6-1-3-7(13)4-2-6/h1-5,13H,10H2,(H,11,14). The summed E-state index contributed by atoms with van der Waals surface area (Å²) in [7, 11) is 0. The molecule has 2 aromatic rings. The average Bonchev–Trinajstić information content (AvgIpc) is 2.48. The van der Waals surface area contributed by atoms with Crippen molar-refractivity contribution in [3.05, 3.63) is 40.9 Å². The molecule has 0 atom stereocenters. The minimum atomic E-state index is -0.368. The van der Waals surface area contributed by atoms with Gasteiger partial charge in [0.25, 0.3) is 0 Å². The van der Waals surface area contributed by atoms with E-state index in [0.29, 0.717) is 5.69 Å². The Kier molecular flexibility index (Phi) is 1.78. The Labute approximate surface area is 79.4 Å². The van der Waals surface area contributed by atoms with Crippen LogP contribution in [0, 0.1) is 0 Å². The number of H-pyrrole nitrogens is 1. The van der Waals surface area contributed by atoms with Gasteiger partial charge in [0.2, 0.25) is 0 Å². The van der Waals surface area contributed by atoms with Crippen LogP contribution in [0.4, 0.5) is 0 Å². The summed E-state index contributed by atoms with van der Waals surface area (Å²) in [5.41, 5.74) is 1.05. The van der Waals surface area contributed by atoms with Crippen LogP contribution < -0.4 is 11.5 Å². The SMILES string of the molecule is Nn1cc(-c2ccc(O)cc2)[nH]c1=O. The van der Waals surface area contributed by atoms with Crippen LogP contribution in [0.2, 0.25) is 0 Å². The fourth-order valence-corrected chi connectivity index (χ4v) is 1.20. The van der Waals surface area contributed by atoms with Gasteiger partial charge in [0.1, 0.15) is 5.75 Å². The Morgan fingerprint density at radius 2 is 1.93 bits per heavy atom. The Morgan fingerprint density at radius 1 is 1.29 bits per heavy atom. The number of nitrogens with zero attached hydrogens (tertiary/aromatic N) is 1. The summed E-state index contributed by atoms with van der Waals surface area (Å²) in [6.07, 6.45) is 1.49. The summed E-state index contributed by atoms with van der Waals surface area (Å²) in [5.74, 6) is 5.51. The fraction of sp³-hybridized carbons (Fsp3) is 0. The largest absolute Gasteiger partial charge is 0.508 e. The molecule has 72 valence electrons. The van der Waals surface area contributed by atoms with Crippen molar-refractivity contribution < 1.29 is 5.11 Å². The predicted octanol–water partition coefficient (Wildman–Crippen LogP) is 0.263. The number of rotatable bonds is 1. The summed E-state index contributed by atoms with van der Waals surface area (Å²) in [4.78, 5) is 13.6. The number of hydrogen-bond donors (Lipinski definition) is 3. The number of aromatic hydroxyl groups is 1. The van der Waals surface area contributed by atoms with Crippen LogP contribution in [0.15, 0.2) is 35.3 Å². The van der Waals surface area contributed by atoms with Gasteiger partial charge >= 0.3 is 5.69 Å². The van der Waals surface area contributed by atoms with E-state index in [1.54, 1.807) is 24.3 Å². The van der Waals surface area contributed by atoms with Gasteiger partial charge < -0.3 is 15.9 Å². The number of hydrogen-bond acceptors (Lipinski definition) is 3. The smallest absolute Gasteiger partial charge is 0.344 e. The molecule has 0 saturated heterocycles. The number of aromatic nitrogens is 2. The normalized spacial score (nSPS) is 10.3. The van der Waals surface area contributed by atoms with E-state index in [4.69, 9.17) is 10.9 Å². The third-order valence-corrected chi connectivity index (χ3v) is 1.92. The van der Waals surface area contributed by atoms with Crippen molar-refractivity contribution in [3.8, 4) is 17.0 Å². The molecular weight excluding hydrogens is 182 g/mol. The lowest BCUT2D eigenvalue weighted by atomic mass is 10.2. The highest BCUT2D eigenvalue weighted by Crippen LogP contribution is 2.18. The molecule has 0 fully saturated rings. The number of phenolic OH excluding ortho intramolecular Hbond substituents is 1. The Balaban J connectivity index is 2.49. The summed E-state index contributed by atoms with van der Waals surface area (Å²) in [6, 6.07) is 6.48. The molecule has 0 aliphatic heterocycles. The highest BCUT2D eigenvalue weighted by molar-refractivity contribution is 5.59. The van der Waals surface area contributed by atoms with Crippen LogP contribution in [0.5, 0.6) is 5.75 Å². The van der Waals surface area contributed by atoms with Crippen LogP contribution in [0.1, 0.15) is 0 Å². The molecule has 4 N–H and O–H groups in total. The molecule has 1 heterocycles. The van der Waals surface area contributed by atoms with Gasteiger partial charge in [-0.2, -0.15) is 0 Å². The van der Waals surface area contributed by atoms with E-state index >= 15 is 0 Å². The van der Waals surface area contributed by atoms with Crippen LogP contribution in [0.3, 0.4) is 0 Å². The van der Waals surface area contributed by atoms with Gasteiger partial charge in [-0.1, -0.05) is 0 Å². The first kappa shape index (κ1) is 8.43. The number of benzene rings is 1. The van der Waals surface area contributed by atoms with Gasteiger partial charge in [-0.05, 0) is 29.8 Å². The Hall–Kier alpha value is -2.17. The zero-order valence-electron chi connectivity index (χ0n) is 7.27. The van der Waals surface area contributed by atoms with Crippen molar-refractivity contribution >= 4 is 0 Å². The van der Waals surface area contributed by atoms with Crippen LogP contribution in [-0.4, -0.2) is 14.8 Å². The molecule has 0 aliphatic rings. The van der Waals surface area contributed by atoms with E-state index < -0.39 is 0 Å². The van der Waals surface area contributed by atoms with E-state index in [1.165, 1.54) is 6.20 Å². The highest BCUT2D eigenvalue weighted by Gasteiger charge is 2.02. The molecule has 1 aromatic carbocycles. The zero-order valence-corrected chi connectivity index (χ0v) is 7.27. The third kappa shape index (κ3) is 1.35. The molecular formula is C9H9N3O2. The van der Waals surface area contributed by atoms with E-state index in [1.807, 2.05) is 0 Å². The number of phenols is 1. The summed E-state index contributed by atoms with van der Waals surface area (Å²) in [5, 5.41) is 9.06. The number of nitrogens with two attached hydrogens (primary N) is 1. The molecule has 0 saturated carbocycles. The van der Waals surface area contributed by atoms with Crippen LogP contribution in [-0.2, 0) is 0 Å². The van der Waals surface area contributed by atoms with Crippen molar-refractivity contribution in [2.75, 3.05) is 5.84 Å². The van der Waals surface area contributed by atoms with Crippen LogP contribution >= 0.6 is 0 Å². The molecule has 5 heteroatoms. The Morgan fingerprint density at radius 3 is 2.43 bits per heavy atom. The van der Waals surface area contributed by atoms with E-state index in [-0.39, 0.29) is 11.4 Å². The second kappa shape index (κ2) is 2.95. The minimum Gasteiger partial charge on any atom is -0.508 e. The molecule has 2 rings (SSSR count). The maximum Gasteiger partial charge on any atom is 0.344 e.